The van der Waals surface area contributed by atoms with Gasteiger partial charge in [0.15, 0.2) is 5.78 Å². The molecule has 120 valence electrons. The number of para-hydroxylation sites is 1. The molecule has 0 unspecified atom stereocenters. The van der Waals surface area contributed by atoms with Crippen LogP contribution in [0.2, 0.25) is 0 Å². The smallest absolute Gasteiger partial charge is 0.196 e. The van der Waals surface area contributed by atoms with Crippen LogP contribution in [0.25, 0.3) is 10.9 Å². The number of fused-ring (bicyclic) bond motifs is 1. The lowest BCUT2D eigenvalue weighted by Gasteiger charge is -2.22. The number of carbonyl (C=O) groups is 1. The van der Waals surface area contributed by atoms with Gasteiger partial charge >= 0.3 is 0 Å². The van der Waals surface area contributed by atoms with E-state index in [9.17, 15) is 4.79 Å². The Labute approximate surface area is 141 Å². The first-order chi connectivity index (χ1) is 11.7. The lowest BCUT2D eigenvalue weighted by Crippen LogP contribution is -2.21. The van der Waals surface area contributed by atoms with E-state index < -0.39 is 0 Å². The monoisotopic (exact) mass is 316 g/mol. The molecule has 2 aromatic carbocycles. The van der Waals surface area contributed by atoms with Gasteiger partial charge in [-0.3, -0.25) is 9.78 Å². The van der Waals surface area contributed by atoms with Crippen LogP contribution in [0.15, 0.2) is 54.7 Å². The molecule has 3 nitrogen and oxygen atoms in total. The highest BCUT2D eigenvalue weighted by atomic mass is 16.1. The summed E-state index contributed by atoms with van der Waals surface area (Å²) in [6, 6.07) is 15.9. The lowest BCUT2D eigenvalue weighted by molar-refractivity contribution is 0.103. The number of benzene rings is 2. The summed E-state index contributed by atoms with van der Waals surface area (Å²) in [4.78, 5) is 20.0. The maximum atomic E-state index is 13.1. The van der Waals surface area contributed by atoms with Crippen molar-refractivity contribution in [2.45, 2.75) is 19.8 Å². The minimum Gasteiger partial charge on any atom is -0.370 e. The number of hydrogen-bond donors (Lipinski definition) is 0. The van der Waals surface area contributed by atoms with Gasteiger partial charge in [0.05, 0.1) is 16.8 Å². The molecule has 4 rings (SSSR count). The number of rotatable bonds is 3. The van der Waals surface area contributed by atoms with Crippen LogP contribution in [-0.4, -0.2) is 23.9 Å². The van der Waals surface area contributed by atoms with E-state index >= 15 is 0 Å². The fourth-order valence-corrected chi connectivity index (χ4v) is 3.43. The van der Waals surface area contributed by atoms with Crippen molar-refractivity contribution in [3.63, 3.8) is 0 Å². The third-order valence-corrected chi connectivity index (χ3v) is 4.73. The van der Waals surface area contributed by atoms with Crippen molar-refractivity contribution >= 4 is 22.4 Å². The van der Waals surface area contributed by atoms with Crippen LogP contribution in [-0.2, 0) is 0 Å². The number of anilines is 1. The van der Waals surface area contributed by atoms with Crippen molar-refractivity contribution in [1.82, 2.24) is 4.98 Å². The number of hydrogen-bond acceptors (Lipinski definition) is 3. The molecule has 0 saturated carbocycles. The molecule has 2 heterocycles. The molecule has 1 aliphatic rings. The van der Waals surface area contributed by atoms with E-state index in [1.807, 2.05) is 49.4 Å². The zero-order valence-corrected chi connectivity index (χ0v) is 13.8. The predicted octanol–water partition coefficient (Wildman–Crippen LogP) is 4.37. The van der Waals surface area contributed by atoms with Crippen molar-refractivity contribution in [3.05, 3.63) is 71.4 Å². The number of carbonyl (C=O) groups excluding carboxylic acids is 1. The first-order valence-electron chi connectivity index (χ1n) is 8.48. The van der Waals surface area contributed by atoms with Gasteiger partial charge in [0.1, 0.15) is 0 Å². The second kappa shape index (κ2) is 6.08. The Kier molecular flexibility index (Phi) is 3.77. The minimum atomic E-state index is 0.0511. The van der Waals surface area contributed by atoms with Crippen molar-refractivity contribution in [1.29, 1.82) is 0 Å². The summed E-state index contributed by atoms with van der Waals surface area (Å²) >= 11 is 0. The Morgan fingerprint density at radius 2 is 1.71 bits per heavy atom. The molecule has 0 spiro atoms. The van der Waals surface area contributed by atoms with E-state index in [0.717, 1.165) is 40.8 Å². The average Bonchev–Trinajstić information content (AvgIpc) is 3.15. The second-order valence-corrected chi connectivity index (χ2v) is 6.43. The van der Waals surface area contributed by atoms with Crippen molar-refractivity contribution in [2.75, 3.05) is 18.0 Å². The summed E-state index contributed by atoms with van der Waals surface area (Å²) in [6.07, 6.45) is 4.10. The Morgan fingerprint density at radius 3 is 2.46 bits per heavy atom. The van der Waals surface area contributed by atoms with E-state index in [-0.39, 0.29) is 5.78 Å². The predicted molar refractivity (Wildman–Crippen MR) is 97.8 cm³/mol. The standard InChI is InChI=1S/C21H20N2O/c1-15-8-10-16(11-9-15)21(24)18-14-22-19-7-3-2-6-17(19)20(18)23-12-4-5-13-23/h2-3,6-11,14H,4-5,12-13H2,1H3. The van der Waals surface area contributed by atoms with Gasteiger partial charge in [-0.2, -0.15) is 0 Å². The summed E-state index contributed by atoms with van der Waals surface area (Å²) < 4.78 is 0. The lowest BCUT2D eigenvalue weighted by atomic mass is 9.99. The second-order valence-electron chi connectivity index (χ2n) is 6.43. The quantitative estimate of drug-likeness (QED) is 0.673. The van der Waals surface area contributed by atoms with Crippen LogP contribution in [0, 0.1) is 6.92 Å². The third-order valence-electron chi connectivity index (χ3n) is 4.73. The van der Waals surface area contributed by atoms with Gasteiger partial charge in [0.2, 0.25) is 0 Å². The van der Waals surface area contributed by atoms with E-state index in [0.29, 0.717) is 5.56 Å². The molecule has 0 bridgehead atoms. The number of nitrogens with zero attached hydrogens (tertiary/aromatic N) is 2. The highest BCUT2D eigenvalue weighted by molar-refractivity contribution is 6.16. The van der Waals surface area contributed by atoms with Crippen molar-refractivity contribution in [2.24, 2.45) is 0 Å². The minimum absolute atomic E-state index is 0.0511. The van der Waals surface area contributed by atoms with Crippen LogP contribution in [0.1, 0.15) is 34.3 Å². The molecule has 3 aromatic rings. The molecule has 1 aliphatic heterocycles. The van der Waals surface area contributed by atoms with E-state index in [1.165, 1.54) is 12.8 Å². The fourth-order valence-electron chi connectivity index (χ4n) is 3.43. The van der Waals surface area contributed by atoms with Gasteiger partial charge in [-0.05, 0) is 25.8 Å². The fraction of sp³-hybridized carbons (Fsp3) is 0.238. The molecule has 0 atom stereocenters. The molecular formula is C21H20N2O. The van der Waals surface area contributed by atoms with Gasteiger partial charge in [-0.25, -0.2) is 0 Å². The molecule has 0 N–H and O–H groups in total. The molecule has 24 heavy (non-hydrogen) atoms. The van der Waals surface area contributed by atoms with Crippen LogP contribution in [0.5, 0.6) is 0 Å². The summed E-state index contributed by atoms with van der Waals surface area (Å²) in [6.45, 7) is 4.03. The molecule has 3 heteroatoms. The molecule has 1 saturated heterocycles. The highest BCUT2D eigenvalue weighted by Gasteiger charge is 2.23. The van der Waals surface area contributed by atoms with Crippen LogP contribution in [0.3, 0.4) is 0 Å². The third kappa shape index (κ3) is 2.56. The van der Waals surface area contributed by atoms with Crippen LogP contribution >= 0.6 is 0 Å². The van der Waals surface area contributed by atoms with E-state index in [1.54, 1.807) is 6.20 Å². The zero-order valence-electron chi connectivity index (χ0n) is 13.8. The molecule has 1 fully saturated rings. The Balaban J connectivity index is 1.89. The largest absolute Gasteiger partial charge is 0.370 e. The number of ketones is 1. The van der Waals surface area contributed by atoms with Gasteiger partial charge in [0, 0.05) is 30.2 Å². The first-order valence-corrected chi connectivity index (χ1v) is 8.48. The summed E-state index contributed by atoms with van der Waals surface area (Å²) in [5, 5.41) is 1.07. The van der Waals surface area contributed by atoms with E-state index in [4.69, 9.17) is 0 Å². The van der Waals surface area contributed by atoms with Gasteiger partial charge in [0.25, 0.3) is 0 Å². The Bertz CT molecular complexity index is 893. The topological polar surface area (TPSA) is 33.2 Å². The van der Waals surface area contributed by atoms with Crippen molar-refractivity contribution < 1.29 is 4.79 Å². The van der Waals surface area contributed by atoms with E-state index in [2.05, 4.69) is 16.0 Å². The summed E-state index contributed by atoms with van der Waals surface area (Å²) in [5.41, 5.74) is 4.57. The van der Waals surface area contributed by atoms with Crippen LogP contribution < -0.4 is 4.90 Å². The normalized spacial score (nSPS) is 14.3. The highest BCUT2D eigenvalue weighted by Crippen LogP contribution is 2.33. The molecule has 1 aromatic heterocycles. The SMILES string of the molecule is Cc1ccc(C(=O)c2cnc3ccccc3c2N2CCCC2)cc1. The summed E-state index contributed by atoms with van der Waals surface area (Å²) in [5.74, 6) is 0.0511. The number of pyridine rings is 1. The Morgan fingerprint density at radius 1 is 1.00 bits per heavy atom. The molecule has 0 aliphatic carbocycles. The average molecular weight is 316 g/mol. The van der Waals surface area contributed by atoms with Crippen LogP contribution in [0.4, 0.5) is 5.69 Å². The molecule has 0 amide bonds. The zero-order chi connectivity index (χ0) is 16.5. The maximum Gasteiger partial charge on any atom is 0.196 e. The molecular weight excluding hydrogens is 296 g/mol. The van der Waals surface area contributed by atoms with Crippen molar-refractivity contribution in [3.8, 4) is 0 Å². The van der Waals surface area contributed by atoms with Gasteiger partial charge in [-0.1, -0.05) is 48.0 Å². The molecule has 0 radical (unpaired) electrons. The van der Waals surface area contributed by atoms with Gasteiger partial charge < -0.3 is 4.90 Å². The first kappa shape index (κ1) is 14.9. The number of aryl methyl sites for hydroxylation is 1. The number of aromatic nitrogens is 1. The Hall–Kier alpha value is -2.68. The maximum absolute atomic E-state index is 13.1. The van der Waals surface area contributed by atoms with Gasteiger partial charge in [-0.15, -0.1) is 0 Å². The summed E-state index contributed by atoms with van der Waals surface area (Å²) in [7, 11) is 0.